The molecule has 0 aromatic heterocycles. The average Bonchev–Trinajstić information content (AvgIpc) is 2.31. The van der Waals surface area contributed by atoms with Crippen LogP contribution in [0.1, 0.15) is 13.8 Å². The maximum Gasteiger partial charge on any atom is 0.466 e. The van der Waals surface area contributed by atoms with Gasteiger partial charge in [0.05, 0.1) is 0 Å². The van der Waals surface area contributed by atoms with Gasteiger partial charge in [-0.25, -0.2) is 4.57 Å². The molecule has 0 rings (SSSR count). The summed E-state index contributed by atoms with van der Waals surface area (Å²) in [5.41, 5.74) is 0. The minimum absolute atomic E-state index is 0.0143. The molecule has 0 fully saturated rings. The fourth-order valence-electron chi connectivity index (χ4n) is 0.979. The number of hydrogen-bond donors (Lipinski definition) is 7. The molecule has 0 aromatic rings. The third kappa shape index (κ3) is 10.1. The van der Waals surface area contributed by atoms with E-state index in [-0.39, 0.29) is 6.29 Å². The first kappa shape index (κ1) is 21.6. The SMILES string of the molecule is CC(C)C(=O)C(O)C(O)C(O)C(O)C=O.O=P(O)(O)O. The van der Waals surface area contributed by atoms with Crippen LogP contribution in [0.3, 0.4) is 0 Å². The molecule has 0 radical (unpaired) electrons. The van der Waals surface area contributed by atoms with Gasteiger partial charge in [0.1, 0.15) is 24.4 Å². The quantitative estimate of drug-likeness (QED) is 0.195. The van der Waals surface area contributed by atoms with Crippen molar-refractivity contribution < 1.29 is 49.3 Å². The predicted octanol–water partition coefficient (Wildman–Crippen LogP) is -3.07. The van der Waals surface area contributed by atoms with E-state index in [0.29, 0.717) is 0 Å². The standard InChI is InChI=1S/C9H16O6.H3O4P/c1-4(2)6(12)8(14)9(15)7(13)5(11)3-10;1-5(2,3)4/h3-5,7-9,11,13-15H,1-2H3;(H3,1,2,3,4). The van der Waals surface area contributed by atoms with Gasteiger partial charge in [-0.3, -0.25) is 4.79 Å². The van der Waals surface area contributed by atoms with Gasteiger partial charge in [0.25, 0.3) is 0 Å². The van der Waals surface area contributed by atoms with Crippen LogP contribution < -0.4 is 0 Å². The number of Topliss-reactive ketones (excluding diaryl/α,β-unsaturated/α-hetero) is 1. The van der Waals surface area contributed by atoms with Crippen LogP contribution >= 0.6 is 7.82 Å². The lowest BCUT2D eigenvalue weighted by Crippen LogP contribution is -2.49. The van der Waals surface area contributed by atoms with Gasteiger partial charge in [0, 0.05) is 5.92 Å². The number of phosphoric acid groups is 1. The summed E-state index contributed by atoms with van der Waals surface area (Å²) in [7, 11) is -4.64. The van der Waals surface area contributed by atoms with Crippen LogP contribution in [0.4, 0.5) is 0 Å². The average molecular weight is 318 g/mol. The molecular weight excluding hydrogens is 299 g/mol. The van der Waals surface area contributed by atoms with Gasteiger partial charge < -0.3 is 39.9 Å². The minimum atomic E-state index is -4.64. The first-order chi connectivity index (χ1) is 8.82. The first-order valence-electron chi connectivity index (χ1n) is 5.32. The van der Waals surface area contributed by atoms with Gasteiger partial charge in [-0.1, -0.05) is 13.8 Å². The second-order valence-corrected chi connectivity index (χ2v) is 5.15. The Hall–Kier alpha value is -0.710. The molecule has 0 saturated carbocycles. The summed E-state index contributed by atoms with van der Waals surface area (Å²) in [4.78, 5) is 42.9. The van der Waals surface area contributed by atoms with E-state index in [1.165, 1.54) is 13.8 Å². The zero-order valence-corrected chi connectivity index (χ0v) is 11.7. The van der Waals surface area contributed by atoms with E-state index in [1.54, 1.807) is 0 Å². The van der Waals surface area contributed by atoms with Gasteiger partial charge in [0.15, 0.2) is 12.1 Å². The van der Waals surface area contributed by atoms with Crippen LogP contribution in [-0.2, 0) is 14.2 Å². The van der Waals surface area contributed by atoms with Crippen molar-refractivity contribution >= 4 is 19.9 Å². The normalized spacial score (nSPS) is 17.5. The Bertz CT molecular complexity index is 342. The lowest BCUT2D eigenvalue weighted by Gasteiger charge is -2.24. The Labute approximate surface area is 114 Å². The number of carbonyl (C=O) groups is 2. The minimum Gasteiger partial charge on any atom is -0.387 e. The van der Waals surface area contributed by atoms with E-state index in [9.17, 15) is 19.8 Å². The molecule has 0 saturated heterocycles. The summed E-state index contributed by atoms with van der Waals surface area (Å²) in [6, 6.07) is 0. The molecule has 0 amide bonds. The van der Waals surface area contributed by atoms with Gasteiger partial charge in [-0.15, -0.1) is 0 Å². The fraction of sp³-hybridized carbons (Fsp3) is 0.778. The van der Waals surface area contributed by atoms with E-state index in [0.717, 1.165) is 0 Å². The molecule has 4 atom stereocenters. The molecule has 4 unspecified atom stereocenters. The van der Waals surface area contributed by atoms with Gasteiger partial charge in [-0.05, 0) is 0 Å². The van der Waals surface area contributed by atoms with Gasteiger partial charge >= 0.3 is 7.82 Å². The third-order valence-corrected chi connectivity index (χ3v) is 2.02. The molecule has 11 heteroatoms. The zero-order valence-electron chi connectivity index (χ0n) is 10.8. The molecule has 0 aliphatic carbocycles. The number of hydrogen-bond acceptors (Lipinski definition) is 7. The highest BCUT2D eigenvalue weighted by Crippen LogP contribution is 2.25. The van der Waals surface area contributed by atoms with Crippen molar-refractivity contribution in [3.8, 4) is 0 Å². The largest absolute Gasteiger partial charge is 0.466 e. The molecule has 0 spiro atoms. The predicted molar refractivity (Wildman–Crippen MR) is 64.2 cm³/mol. The van der Waals surface area contributed by atoms with Crippen molar-refractivity contribution in [3.05, 3.63) is 0 Å². The highest BCUT2D eigenvalue weighted by molar-refractivity contribution is 7.45. The van der Waals surface area contributed by atoms with Crippen molar-refractivity contribution in [2.24, 2.45) is 5.92 Å². The molecule has 10 nitrogen and oxygen atoms in total. The third-order valence-electron chi connectivity index (χ3n) is 2.02. The van der Waals surface area contributed by atoms with Gasteiger partial charge in [-0.2, -0.15) is 0 Å². The van der Waals surface area contributed by atoms with E-state index in [1.807, 2.05) is 0 Å². The smallest absolute Gasteiger partial charge is 0.387 e. The number of carbonyl (C=O) groups excluding carboxylic acids is 2. The fourth-order valence-corrected chi connectivity index (χ4v) is 0.979. The summed E-state index contributed by atoms with van der Waals surface area (Å²) in [5.74, 6) is -1.19. The van der Waals surface area contributed by atoms with E-state index in [4.69, 9.17) is 29.5 Å². The molecule has 20 heavy (non-hydrogen) atoms. The monoisotopic (exact) mass is 318 g/mol. The van der Waals surface area contributed by atoms with Gasteiger partial charge in [0.2, 0.25) is 0 Å². The van der Waals surface area contributed by atoms with Crippen LogP contribution in [0.2, 0.25) is 0 Å². The summed E-state index contributed by atoms with van der Waals surface area (Å²) in [6.45, 7) is 3.03. The maximum absolute atomic E-state index is 11.2. The Balaban J connectivity index is 0. The van der Waals surface area contributed by atoms with Crippen LogP contribution in [0.5, 0.6) is 0 Å². The molecule has 0 aromatic carbocycles. The Kier molecular flexibility index (Phi) is 10.0. The Morgan fingerprint density at radius 2 is 1.35 bits per heavy atom. The molecule has 0 aliphatic rings. The molecule has 120 valence electrons. The molecule has 0 aliphatic heterocycles. The second-order valence-electron chi connectivity index (χ2n) is 4.12. The number of ketones is 1. The number of aldehydes is 1. The Morgan fingerprint density at radius 1 is 1.00 bits per heavy atom. The van der Waals surface area contributed by atoms with Crippen molar-refractivity contribution in [2.75, 3.05) is 0 Å². The van der Waals surface area contributed by atoms with Crippen LogP contribution in [0, 0.1) is 5.92 Å². The summed E-state index contributed by atoms with van der Waals surface area (Å²) >= 11 is 0. The summed E-state index contributed by atoms with van der Waals surface area (Å²) < 4.78 is 8.88. The van der Waals surface area contributed by atoms with Crippen LogP contribution in [0.25, 0.3) is 0 Å². The molecule has 7 N–H and O–H groups in total. The Morgan fingerprint density at radius 3 is 1.60 bits per heavy atom. The highest BCUT2D eigenvalue weighted by Gasteiger charge is 2.34. The molecule has 0 bridgehead atoms. The van der Waals surface area contributed by atoms with Crippen molar-refractivity contribution in [1.82, 2.24) is 0 Å². The molecule has 0 heterocycles. The summed E-state index contributed by atoms with van der Waals surface area (Å²) in [5, 5.41) is 36.6. The van der Waals surface area contributed by atoms with E-state index in [2.05, 4.69) is 0 Å². The van der Waals surface area contributed by atoms with E-state index < -0.39 is 43.9 Å². The lowest BCUT2D eigenvalue weighted by molar-refractivity contribution is -0.150. The number of aliphatic hydroxyl groups is 4. The summed E-state index contributed by atoms with van der Waals surface area (Å²) in [6.07, 6.45) is -7.37. The highest BCUT2D eigenvalue weighted by atomic mass is 31.2. The maximum atomic E-state index is 11.2. The number of aliphatic hydroxyl groups excluding tert-OH is 4. The lowest BCUT2D eigenvalue weighted by atomic mass is 9.95. The van der Waals surface area contributed by atoms with Crippen molar-refractivity contribution in [1.29, 1.82) is 0 Å². The van der Waals surface area contributed by atoms with Crippen molar-refractivity contribution in [3.63, 3.8) is 0 Å². The topological polar surface area (TPSA) is 193 Å². The first-order valence-corrected chi connectivity index (χ1v) is 6.89. The van der Waals surface area contributed by atoms with Crippen molar-refractivity contribution in [2.45, 2.75) is 38.3 Å². The zero-order chi connectivity index (χ0) is 16.7. The molecular formula is C9H19O10P. The van der Waals surface area contributed by atoms with Crippen LogP contribution in [0.15, 0.2) is 0 Å². The van der Waals surface area contributed by atoms with Crippen LogP contribution in [-0.4, -0.2) is 71.6 Å². The van der Waals surface area contributed by atoms with E-state index >= 15 is 0 Å². The number of rotatable bonds is 6. The second kappa shape index (κ2) is 9.27.